The van der Waals surface area contributed by atoms with Crippen molar-refractivity contribution in [3.05, 3.63) is 17.3 Å². The highest BCUT2D eigenvalue weighted by molar-refractivity contribution is 8.00. The number of amides is 2. The fourth-order valence-electron chi connectivity index (χ4n) is 1.85. The number of oxazole rings is 1. The van der Waals surface area contributed by atoms with Crippen molar-refractivity contribution in [2.24, 2.45) is 0 Å². The first-order valence-corrected chi connectivity index (χ1v) is 7.26. The van der Waals surface area contributed by atoms with Crippen LogP contribution in [0, 0.1) is 13.8 Å². The number of hydrogen-bond acceptors (Lipinski definition) is 4. The highest BCUT2D eigenvalue weighted by Crippen LogP contribution is 2.25. The van der Waals surface area contributed by atoms with Gasteiger partial charge in [-0.1, -0.05) is 0 Å². The molecule has 100 valence electrons. The van der Waals surface area contributed by atoms with Crippen molar-refractivity contribution in [2.75, 3.05) is 12.3 Å². The number of rotatable bonds is 4. The lowest BCUT2D eigenvalue weighted by Gasteiger charge is -2.10. The van der Waals surface area contributed by atoms with E-state index in [1.165, 1.54) is 18.6 Å². The van der Waals surface area contributed by atoms with E-state index in [9.17, 15) is 4.79 Å². The second-order valence-corrected chi connectivity index (χ2v) is 5.86. The van der Waals surface area contributed by atoms with Gasteiger partial charge >= 0.3 is 6.03 Å². The fraction of sp³-hybridized carbons (Fsp3) is 0.667. The number of carbonyl (C=O) groups excluding carboxylic acids is 1. The standard InChI is InChI=1S/C12H19N3O2S/c1-8-9(2)17-11(15-8)7-14-12(16)13-6-10-4-3-5-18-10/h10H,3-7H2,1-2H3,(H2,13,14,16). The normalized spacial score (nSPS) is 18.9. The third-order valence-corrected chi connectivity index (χ3v) is 4.39. The smallest absolute Gasteiger partial charge is 0.315 e. The molecule has 1 aromatic rings. The Balaban J connectivity index is 1.67. The summed E-state index contributed by atoms with van der Waals surface area (Å²) in [6, 6.07) is -0.156. The van der Waals surface area contributed by atoms with Crippen LogP contribution in [-0.4, -0.2) is 28.6 Å². The third-order valence-electron chi connectivity index (χ3n) is 2.99. The molecule has 0 radical (unpaired) electrons. The molecular formula is C12H19N3O2S. The van der Waals surface area contributed by atoms with E-state index < -0.39 is 0 Å². The molecule has 2 amide bonds. The van der Waals surface area contributed by atoms with Crippen LogP contribution >= 0.6 is 11.8 Å². The van der Waals surface area contributed by atoms with Gasteiger partial charge in [-0.3, -0.25) is 0 Å². The van der Waals surface area contributed by atoms with Gasteiger partial charge in [0.15, 0.2) is 0 Å². The first kappa shape index (κ1) is 13.3. The molecule has 18 heavy (non-hydrogen) atoms. The van der Waals surface area contributed by atoms with Gasteiger partial charge in [0.1, 0.15) is 5.76 Å². The second-order valence-electron chi connectivity index (χ2n) is 4.45. The predicted octanol–water partition coefficient (Wildman–Crippen LogP) is 1.99. The highest BCUT2D eigenvalue weighted by atomic mass is 32.2. The molecule has 1 fully saturated rings. The Morgan fingerprint density at radius 1 is 1.50 bits per heavy atom. The zero-order chi connectivity index (χ0) is 13.0. The van der Waals surface area contributed by atoms with E-state index >= 15 is 0 Å². The highest BCUT2D eigenvalue weighted by Gasteiger charge is 2.16. The Hall–Kier alpha value is -1.17. The van der Waals surface area contributed by atoms with Crippen LogP contribution in [-0.2, 0) is 6.54 Å². The van der Waals surface area contributed by atoms with Gasteiger partial charge in [0.2, 0.25) is 5.89 Å². The van der Waals surface area contributed by atoms with Crippen LogP contribution in [0.15, 0.2) is 4.42 Å². The average Bonchev–Trinajstić information content (AvgIpc) is 2.95. The van der Waals surface area contributed by atoms with Crippen LogP contribution in [0.1, 0.15) is 30.2 Å². The first-order valence-electron chi connectivity index (χ1n) is 6.21. The number of nitrogens with one attached hydrogen (secondary N) is 2. The summed E-state index contributed by atoms with van der Waals surface area (Å²) in [5.41, 5.74) is 0.870. The van der Waals surface area contributed by atoms with Crippen molar-refractivity contribution in [1.29, 1.82) is 0 Å². The minimum absolute atomic E-state index is 0.156. The molecule has 5 nitrogen and oxygen atoms in total. The summed E-state index contributed by atoms with van der Waals surface area (Å²) in [5.74, 6) is 2.56. The van der Waals surface area contributed by atoms with Crippen LogP contribution in [0.5, 0.6) is 0 Å². The van der Waals surface area contributed by atoms with E-state index in [1.54, 1.807) is 0 Å². The van der Waals surface area contributed by atoms with Crippen molar-refractivity contribution in [1.82, 2.24) is 15.6 Å². The predicted molar refractivity (Wildman–Crippen MR) is 71.7 cm³/mol. The van der Waals surface area contributed by atoms with E-state index in [0.29, 0.717) is 17.7 Å². The van der Waals surface area contributed by atoms with E-state index in [0.717, 1.165) is 18.0 Å². The lowest BCUT2D eigenvalue weighted by atomic mass is 10.2. The van der Waals surface area contributed by atoms with E-state index in [2.05, 4.69) is 15.6 Å². The number of nitrogens with zero attached hydrogens (tertiary/aromatic N) is 1. The molecule has 0 spiro atoms. The Bertz CT molecular complexity index is 394. The Labute approximate surface area is 111 Å². The molecule has 0 aliphatic carbocycles. The molecule has 1 aliphatic rings. The van der Waals surface area contributed by atoms with Gasteiger partial charge in [-0.15, -0.1) is 0 Å². The van der Waals surface area contributed by atoms with Crippen molar-refractivity contribution in [3.8, 4) is 0 Å². The number of carbonyl (C=O) groups is 1. The molecule has 2 rings (SSSR count). The Morgan fingerprint density at radius 3 is 2.94 bits per heavy atom. The maximum absolute atomic E-state index is 11.6. The zero-order valence-electron chi connectivity index (χ0n) is 10.8. The molecular weight excluding hydrogens is 250 g/mol. The number of hydrogen-bond donors (Lipinski definition) is 2. The van der Waals surface area contributed by atoms with Gasteiger partial charge in [0.25, 0.3) is 0 Å². The van der Waals surface area contributed by atoms with Crippen LogP contribution in [0.25, 0.3) is 0 Å². The molecule has 0 saturated carbocycles. The maximum atomic E-state index is 11.6. The minimum atomic E-state index is -0.156. The second kappa shape index (κ2) is 6.13. The van der Waals surface area contributed by atoms with Gasteiger partial charge in [-0.25, -0.2) is 9.78 Å². The summed E-state index contributed by atoms with van der Waals surface area (Å²) in [6.45, 7) is 4.82. The van der Waals surface area contributed by atoms with E-state index in [1.807, 2.05) is 25.6 Å². The van der Waals surface area contributed by atoms with Crippen LogP contribution in [0.3, 0.4) is 0 Å². The average molecular weight is 269 g/mol. The third kappa shape index (κ3) is 3.66. The van der Waals surface area contributed by atoms with Crippen LogP contribution in [0.2, 0.25) is 0 Å². The first-order chi connectivity index (χ1) is 8.65. The largest absolute Gasteiger partial charge is 0.444 e. The molecule has 1 saturated heterocycles. The molecule has 0 aromatic carbocycles. The van der Waals surface area contributed by atoms with Gasteiger partial charge in [-0.05, 0) is 32.4 Å². The number of urea groups is 1. The minimum Gasteiger partial charge on any atom is -0.444 e. The monoisotopic (exact) mass is 269 g/mol. The van der Waals surface area contributed by atoms with Crippen molar-refractivity contribution in [2.45, 2.75) is 38.5 Å². The van der Waals surface area contributed by atoms with Crippen molar-refractivity contribution < 1.29 is 9.21 Å². The summed E-state index contributed by atoms with van der Waals surface area (Å²) < 4.78 is 5.38. The molecule has 2 heterocycles. The number of aromatic nitrogens is 1. The quantitative estimate of drug-likeness (QED) is 0.877. The molecule has 1 unspecified atom stereocenters. The summed E-state index contributed by atoms with van der Waals surface area (Å²) >= 11 is 1.93. The fourth-order valence-corrected chi connectivity index (χ4v) is 3.05. The van der Waals surface area contributed by atoms with E-state index in [4.69, 9.17) is 4.42 Å². The maximum Gasteiger partial charge on any atom is 0.315 e. The Kier molecular flexibility index (Phi) is 4.52. The van der Waals surface area contributed by atoms with Gasteiger partial charge < -0.3 is 15.1 Å². The van der Waals surface area contributed by atoms with Crippen LogP contribution < -0.4 is 10.6 Å². The summed E-state index contributed by atoms with van der Waals surface area (Å²) in [6.07, 6.45) is 2.45. The zero-order valence-corrected chi connectivity index (χ0v) is 11.6. The SMILES string of the molecule is Cc1nc(CNC(=O)NCC2CCCS2)oc1C. The summed E-state index contributed by atoms with van der Waals surface area (Å²) in [4.78, 5) is 15.8. The number of thioether (sulfide) groups is 1. The lowest BCUT2D eigenvalue weighted by Crippen LogP contribution is -2.38. The van der Waals surface area contributed by atoms with Crippen molar-refractivity contribution >= 4 is 17.8 Å². The molecule has 1 aromatic heterocycles. The molecule has 2 N–H and O–H groups in total. The van der Waals surface area contributed by atoms with E-state index in [-0.39, 0.29) is 6.03 Å². The van der Waals surface area contributed by atoms with Gasteiger partial charge in [-0.2, -0.15) is 11.8 Å². The summed E-state index contributed by atoms with van der Waals surface area (Å²) in [7, 11) is 0. The number of aryl methyl sites for hydroxylation is 2. The molecule has 1 atom stereocenters. The molecule has 6 heteroatoms. The molecule has 1 aliphatic heterocycles. The van der Waals surface area contributed by atoms with Gasteiger partial charge in [0.05, 0.1) is 12.2 Å². The summed E-state index contributed by atoms with van der Waals surface area (Å²) in [5, 5.41) is 6.20. The van der Waals surface area contributed by atoms with Crippen LogP contribution in [0.4, 0.5) is 4.79 Å². The Morgan fingerprint density at radius 2 is 2.33 bits per heavy atom. The van der Waals surface area contributed by atoms with Gasteiger partial charge in [0, 0.05) is 11.8 Å². The topological polar surface area (TPSA) is 67.2 Å². The van der Waals surface area contributed by atoms with Crippen molar-refractivity contribution in [3.63, 3.8) is 0 Å². The lowest BCUT2D eigenvalue weighted by molar-refractivity contribution is 0.239. The molecule has 0 bridgehead atoms.